The molecule has 1 aromatic heterocycles. The van der Waals surface area contributed by atoms with Gasteiger partial charge in [-0.1, -0.05) is 19.4 Å². The Kier molecular flexibility index (Phi) is 5.36. The smallest absolute Gasteiger partial charge is 0.227 e. The fourth-order valence-electron chi connectivity index (χ4n) is 3.18. The molecule has 1 aromatic carbocycles. The van der Waals surface area contributed by atoms with Crippen molar-refractivity contribution in [2.24, 2.45) is 0 Å². The van der Waals surface area contributed by atoms with Gasteiger partial charge in [-0.2, -0.15) is 0 Å². The molecule has 0 aliphatic carbocycles. The topological polar surface area (TPSA) is 66.7 Å². The molecule has 3 rings (SSSR count). The van der Waals surface area contributed by atoms with Crippen molar-refractivity contribution in [1.82, 2.24) is 14.8 Å². The zero-order valence-corrected chi connectivity index (χ0v) is 15.0. The summed E-state index contributed by atoms with van der Waals surface area (Å²) < 4.78 is 5.46. The van der Waals surface area contributed by atoms with Crippen LogP contribution >= 0.6 is 0 Å². The van der Waals surface area contributed by atoms with Crippen molar-refractivity contribution in [1.29, 1.82) is 0 Å². The van der Waals surface area contributed by atoms with E-state index in [1.54, 1.807) is 0 Å². The zero-order chi connectivity index (χ0) is 17.8. The molecule has 6 nitrogen and oxygen atoms in total. The third-order valence-electron chi connectivity index (χ3n) is 4.64. The number of nitrogens with zero attached hydrogens (tertiary/aromatic N) is 3. The Morgan fingerprint density at radius 1 is 1.12 bits per heavy atom. The summed E-state index contributed by atoms with van der Waals surface area (Å²) in [5, 5.41) is 0. The van der Waals surface area contributed by atoms with Crippen LogP contribution in [-0.2, 0) is 16.0 Å². The quantitative estimate of drug-likeness (QED) is 0.837. The highest BCUT2D eigenvalue weighted by atomic mass is 16.3. The summed E-state index contributed by atoms with van der Waals surface area (Å²) in [6.45, 7) is 6.39. The van der Waals surface area contributed by atoms with Gasteiger partial charge in [-0.05, 0) is 24.1 Å². The largest absolute Gasteiger partial charge is 0.441 e. The van der Waals surface area contributed by atoms with Crippen LogP contribution in [-0.4, -0.2) is 52.8 Å². The minimum absolute atomic E-state index is 0.0974. The molecule has 1 saturated heterocycles. The maximum Gasteiger partial charge on any atom is 0.227 e. The molecule has 0 radical (unpaired) electrons. The summed E-state index contributed by atoms with van der Waals surface area (Å²) in [7, 11) is 0. The molecule has 0 saturated carbocycles. The number of oxazole rings is 1. The van der Waals surface area contributed by atoms with Gasteiger partial charge in [0, 0.05) is 39.5 Å². The fourth-order valence-corrected chi connectivity index (χ4v) is 3.18. The molecule has 6 heteroatoms. The number of unbranched alkanes of at least 4 members (excludes halogenated alkanes) is 1. The van der Waals surface area contributed by atoms with Crippen LogP contribution in [0.5, 0.6) is 0 Å². The Morgan fingerprint density at radius 3 is 2.48 bits per heavy atom. The van der Waals surface area contributed by atoms with E-state index in [1.807, 2.05) is 34.9 Å². The third kappa shape index (κ3) is 4.18. The first-order chi connectivity index (χ1) is 12.1. The standard InChI is InChI=1S/C19H25N3O3/c1-3-4-5-18(23)21-8-10-22(11-9-21)19(24)13-15-6-7-17-16(12-15)20-14(2)25-17/h6-7,12H,3-5,8-11,13H2,1-2H3. The molecular formula is C19H25N3O3. The van der Waals surface area contributed by atoms with Gasteiger partial charge in [0.1, 0.15) is 5.52 Å². The van der Waals surface area contributed by atoms with Crippen molar-refractivity contribution in [3.05, 3.63) is 29.7 Å². The molecule has 25 heavy (non-hydrogen) atoms. The average Bonchev–Trinajstić information content (AvgIpc) is 2.99. The second-order valence-electron chi connectivity index (χ2n) is 6.58. The Labute approximate surface area is 147 Å². The summed E-state index contributed by atoms with van der Waals surface area (Å²) in [5.74, 6) is 0.934. The Balaban J connectivity index is 1.54. The number of piperazine rings is 1. The van der Waals surface area contributed by atoms with E-state index in [0.717, 1.165) is 29.5 Å². The molecule has 2 aromatic rings. The average molecular weight is 343 g/mol. The van der Waals surface area contributed by atoms with E-state index >= 15 is 0 Å². The van der Waals surface area contributed by atoms with Crippen LogP contribution < -0.4 is 0 Å². The van der Waals surface area contributed by atoms with Gasteiger partial charge in [-0.3, -0.25) is 9.59 Å². The number of hydrogen-bond acceptors (Lipinski definition) is 4. The van der Waals surface area contributed by atoms with Crippen molar-refractivity contribution in [3.8, 4) is 0 Å². The molecule has 2 amide bonds. The van der Waals surface area contributed by atoms with Gasteiger partial charge in [-0.25, -0.2) is 4.98 Å². The van der Waals surface area contributed by atoms with Crippen LogP contribution in [0.1, 0.15) is 37.6 Å². The lowest BCUT2D eigenvalue weighted by atomic mass is 10.1. The first-order valence-corrected chi connectivity index (χ1v) is 8.98. The van der Waals surface area contributed by atoms with Gasteiger partial charge in [-0.15, -0.1) is 0 Å². The van der Waals surface area contributed by atoms with Crippen LogP contribution in [0, 0.1) is 6.92 Å². The second kappa shape index (κ2) is 7.68. The van der Waals surface area contributed by atoms with Crippen LogP contribution in [0.3, 0.4) is 0 Å². The highest BCUT2D eigenvalue weighted by Crippen LogP contribution is 2.18. The van der Waals surface area contributed by atoms with Crippen molar-refractivity contribution >= 4 is 22.9 Å². The number of amides is 2. The lowest BCUT2D eigenvalue weighted by Gasteiger charge is -2.35. The fraction of sp³-hybridized carbons (Fsp3) is 0.526. The molecule has 0 N–H and O–H groups in total. The monoisotopic (exact) mass is 343 g/mol. The second-order valence-corrected chi connectivity index (χ2v) is 6.58. The number of fused-ring (bicyclic) bond motifs is 1. The lowest BCUT2D eigenvalue weighted by Crippen LogP contribution is -2.50. The summed E-state index contributed by atoms with van der Waals surface area (Å²) in [6, 6.07) is 5.69. The molecule has 134 valence electrons. The molecule has 0 atom stereocenters. The number of carbonyl (C=O) groups is 2. The molecule has 0 bridgehead atoms. The lowest BCUT2D eigenvalue weighted by molar-refractivity contribution is -0.139. The molecule has 2 heterocycles. The van der Waals surface area contributed by atoms with Crippen molar-refractivity contribution in [2.75, 3.05) is 26.2 Å². The van der Waals surface area contributed by atoms with Gasteiger partial charge in [0.15, 0.2) is 11.5 Å². The van der Waals surface area contributed by atoms with Gasteiger partial charge < -0.3 is 14.2 Å². The van der Waals surface area contributed by atoms with E-state index < -0.39 is 0 Å². The van der Waals surface area contributed by atoms with E-state index in [9.17, 15) is 9.59 Å². The van der Waals surface area contributed by atoms with Crippen molar-refractivity contribution < 1.29 is 14.0 Å². The Bertz CT molecular complexity index is 760. The number of hydrogen-bond donors (Lipinski definition) is 0. The number of aromatic nitrogens is 1. The number of benzene rings is 1. The first-order valence-electron chi connectivity index (χ1n) is 8.98. The van der Waals surface area contributed by atoms with Gasteiger partial charge in [0.05, 0.1) is 6.42 Å². The Morgan fingerprint density at radius 2 is 1.80 bits per heavy atom. The summed E-state index contributed by atoms with van der Waals surface area (Å²) in [4.78, 5) is 32.6. The maximum atomic E-state index is 12.5. The minimum atomic E-state index is 0.0974. The summed E-state index contributed by atoms with van der Waals surface area (Å²) in [6.07, 6.45) is 2.93. The normalized spacial score (nSPS) is 15.0. The van der Waals surface area contributed by atoms with Crippen molar-refractivity contribution in [2.45, 2.75) is 39.5 Å². The highest BCUT2D eigenvalue weighted by molar-refractivity contribution is 5.82. The van der Waals surface area contributed by atoms with Crippen LogP contribution in [0.4, 0.5) is 0 Å². The van der Waals surface area contributed by atoms with E-state index in [2.05, 4.69) is 11.9 Å². The highest BCUT2D eigenvalue weighted by Gasteiger charge is 2.23. The van der Waals surface area contributed by atoms with Gasteiger partial charge in [0.25, 0.3) is 0 Å². The van der Waals surface area contributed by atoms with Crippen LogP contribution in [0.25, 0.3) is 11.1 Å². The van der Waals surface area contributed by atoms with Gasteiger partial charge >= 0.3 is 0 Å². The molecule has 0 spiro atoms. The molecule has 1 fully saturated rings. The van der Waals surface area contributed by atoms with Crippen LogP contribution in [0.2, 0.25) is 0 Å². The summed E-state index contributed by atoms with van der Waals surface area (Å²) >= 11 is 0. The SMILES string of the molecule is CCCCC(=O)N1CCN(C(=O)Cc2ccc3oc(C)nc3c2)CC1. The molecule has 1 aliphatic rings. The maximum absolute atomic E-state index is 12.5. The van der Waals surface area contributed by atoms with Crippen LogP contribution in [0.15, 0.2) is 22.6 Å². The van der Waals surface area contributed by atoms with E-state index in [-0.39, 0.29) is 11.8 Å². The summed E-state index contributed by atoms with van der Waals surface area (Å²) in [5.41, 5.74) is 2.47. The Hall–Kier alpha value is -2.37. The van der Waals surface area contributed by atoms with E-state index in [0.29, 0.717) is 44.9 Å². The molecule has 1 aliphatic heterocycles. The number of rotatable bonds is 5. The predicted molar refractivity (Wildman–Crippen MR) is 95.1 cm³/mol. The molecular weight excluding hydrogens is 318 g/mol. The first kappa shape index (κ1) is 17.5. The van der Waals surface area contributed by atoms with Crippen molar-refractivity contribution in [3.63, 3.8) is 0 Å². The van der Waals surface area contributed by atoms with E-state index in [1.165, 1.54) is 0 Å². The zero-order valence-electron chi connectivity index (χ0n) is 15.0. The number of aryl methyl sites for hydroxylation is 1. The van der Waals surface area contributed by atoms with E-state index in [4.69, 9.17) is 4.42 Å². The van der Waals surface area contributed by atoms with Gasteiger partial charge in [0.2, 0.25) is 11.8 Å². The molecule has 0 unspecified atom stereocenters. The third-order valence-corrected chi connectivity index (χ3v) is 4.64. The minimum Gasteiger partial charge on any atom is -0.441 e. The predicted octanol–water partition coefficient (Wildman–Crippen LogP) is 2.54. The number of carbonyl (C=O) groups excluding carboxylic acids is 2.